The Labute approximate surface area is 274 Å². The number of anilines is 2. The first kappa shape index (κ1) is 34.0. The van der Waals surface area contributed by atoms with Crippen molar-refractivity contribution in [2.75, 3.05) is 30.3 Å². The number of hydrogen-bond donors (Lipinski definition) is 3. The van der Waals surface area contributed by atoms with E-state index in [2.05, 4.69) is 20.4 Å². The van der Waals surface area contributed by atoms with Gasteiger partial charge in [-0.15, -0.1) is 0 Å². The van der Waals surface area contributed by atoms with Crippen molar-refractivity contribution in [2.45, 2.75) is 50.7 Å². The molecule has 2 fully saturated rings. The van der Waals surface area contributed by atoms with Gasteiger partial charge in [-0.25, -0.2) is 9.07 Å². The largest absolute Gasteiger partial charge is 0.480 e. The zero-order chi connectivity index (χ0) is 35.3. The van der Waals surface area contributed by atoms with Crippen LogP contribution in [-0.2, 0) is 11.0 Å². The monoisotopic (exact) mass is 693 g/mol. The number of alkyl halides is 6. The van der Waals surface area contributed by atoms with Gasteiger partial charge in [0.05, 0.1) is 16.9 Å². The number of ether oxygens (including phenoxy) is 1. The molecule has 0 bridgehead atoms. The van der Waals surface area contributed by atoms with Crippen molar-refractivity contribution in [2.24, 2.45) is 5.41 Å². The maximum absolute atomic E-state index is 14.8. The number of carboxylic acids is 1. The molecule has 0 aliphatic carbocycles. The summed E-state index contributed by atoms with van der Waals surface area (Å²) in [6, 6.07) is 7.34. The maximum atomic E-state index is 14.8. The number of rotatable bonds is 7. The number of nitrogens with one attached hydrogen (secondary N) is 1. The van der Waals surface area contributed by atoms with Crippen LogP contribution in [0.2, 0.25) is 0 Å². The molecule has 2 aromatic carbocycles. The number of nitrogen functional groups attached to an aromatic ring is 1. The van der Waals surface area contributed by atoms with E-state index in [1.54, 1.807) is 6.92 Å². The standard InChI is InChI=1S/C32H30F7N7O3/c1-17-4-7-46(44-17)24-12-18(19-10-20(31(34,35)36)13-21(33)11-19)2-3-22(24)27(32(37,38)39)49-26-14-25(42-29(40)43-26)45-8-5-30(6-9-45)15-23(28(47)48)41-16-30/h2-4,7,10-14,23,27,41H,5-6,8-9,15-16H2,1H3,(H,47,48)(H2,40,42,43)/t23-,27+/m0/s1. The number of benzene rings is 2. The van der Waals surface area contributed by atoms with E-state index in [-0.39, 0.29) is 34.0 Å². The Morgan fingerprint density at radius 1 is 1.04 bits per heavy atom. The molecule has 49 heavy (non-hydrogen) atoms. The highest BCUT2D eigenvalue weighted by Crippen LogP contribution is 2.43. The fourth-order valence-electron chi connectivity index (χ4n) is 6.38. The normalized spacial score (nSPS) is 18.5. The number of aliphatic carboxylic acids is 1. The molecule has 260 valence electrons. The number of hydrogen-bond acceptors (Lipinski definition) is 8. The molecule has 2 aliphatic rings. The molecule has 1 spiro atoms. The lowest BCUT2D eigenvalue weighted by Crippen LogP contribution is -2.41. The summed E-state index contributed by atoms with van der Waals surface area (Å²) in [6.07, 6.45) is -9.48. The highest BCUT2D eigenvalue weighted by molar-refractivity contribution is 5.74. The van der Waals surface area contributed by atoms with Crippen molar-refractivity contribution in [1.29, 1.82) is 0 Å². The van der Waals surface area contributed by atoms with Gasteiger partial charge in [-0.3, -0.25) is 4.79 Å². The van der Waals surface area contributed by atoms with Crippen LogP contribution in [0.25, 0.3) is 16.8 Å². The molecule has 6 rings (SSSR count). The Morgan fingerprint density at radius 3 is 2.39 bits per heavy atom. The molecule has 10 nitrogen and oxygen atoms in total. The molecule has 17 heteroatoms. The Kier molecular flexibility index (Phi) is 8.67. The van der Waals surface area contributed by atoms with Crippen molar-refractivity contribution < 1.29 is 45.4 Å². The molecule has 2 atom stereocenters. The van der Waals surface area contributed by atoms with Crippen LogP contribution in [0.3, 0.4) is 0 Å². The molecule has 2 saturated heterocycles. The van der Waals surface area contributed by atoms with Gasteiger partial charge in [0.2, 0.25) is 17.9 Å². The van der Waals surface area contributed by atoms with Crippen LogP contribution >= 0.6 is 0 Å². The molecule has 0 saturated carbocycles. The third kappa shape index (κ3) is 7.25. The third-order valence-corrected chi connectivity index (χ3v) is 8.89. The minimum Gasteiger partial charge on any atom is -0.480 e. The smallest absolute Gasteiger partial charge is 0.429 e. The van der Waals surface area contributed by atoms with Gasteiger partial charge in [0.15, 0.2) is 0 Å². The fourth-order valence-corrected chi connectivity index (χ4v) is 6.38. The predicted octanol–water partition coefficient (Wildman–Crippen LogP) is 6.09. The molecule has 0 radical (unpaired) electrons. The number of aromatic nitrogens is 4. The number of carboxylic acid groups (broad SMARTS) is 1. The number of piperidine rings is 1. The number of nitrogens with two attached hydrogens (primary N) is 1. The molecular formula is C32H30F7N7O3. The van der Waals surface area contributed by atoms with Crippen LogP contribution < -0.4 is 20.7 Å². The number of carbonyl (C=O) groups is 1. The zero-order valence-corrected chi connectivity index (χ0v) is 25.8. The zero-order valence-electron chi connectivity index (χ0n) is 25.8. The lowest BCUT2D eigenvalue weighted by molar-refractivity contribution is -0.198. The van der Waals surface area contributed by atoms with Crippen LogP contribution in [0.5, 0.6) is 5.88 Å². The van der Waals surface area contributed by atoms with E-state index >= 15 is 0 Å². The van der Waals surface area contributed by atoms with Gasteiger partial charge in [0.1, 0.15) is 17.7 Å². The SMILES string of the molecule is Cc1ccn(-c2cc(-c3cc(F)cc(C(F)(F)F)c3)ccc2[C@@H](Oc2cc(N3CCC4(CC3)CN[C@H](C(=O)O)C4)nc(N)n2)C(F)(F)F)n1. The van der Waals surface area contributed by atoms with Crippen molar-refractivity contribution >= 4 is 17.7 Å². The molecule has 2 aromatic heterocycles. The molecular weight excluding hydrogens is 663 g/mol. The Morgan fingerprint density at radius 2 is 1.78 bits per heavy atom. The first-order valence-corrected chi connectivity index (χ1v) is 15.1. The second-order valence-corrected chi connectivity index (χ2v) is 12.3. The summed E-state index contributed by atoms with van der Waals surface area (Å²) in [5.74, 6) is -2.69. The van der Waals surface area contributed by atoms with Gasteiger partial charge < -0.3 is 25.8 Å². The van der Waals surface area contributed by atoms with Crippen LogP contribution in [0.15, 0.2) is 54.7 Å². The van der Waals surface area contributed by atoms with E-state index in [1.165, 1.54) is 24.4 Å². The lowest BCUT2D eigenvalue weighted by Gasteiger charge is -2.39. The van der Waals surface area contributed by atoms with E-state index in [1.807, 2.05) is 4.90 Å². The van der Waals surface area contributed by atoms with Gasteiger partial charge in [0, 0.05) is 37.5 Å². The Balaban J connectivity index is 1.33. The van der Waals surface area contributed by atoms with Gasteiger partial charge in [0.25, 0.3) is 0 Å². The molecule has 0 amide bonds. The number of aryl methyl sites for hydroxylation is 1. The van der Waals surface area contributed by atoms with E-state index in [9.17, 15) is 40.6 Å². The average Bonchev–Trinajstić information content (AvgIpc) is 3.65. The minimum atomic E-state index is -5.03. The summed E-state index contributed by atoms with van der Waals surface area (Å²) in [7, 11) is 0. The van der Waals surface area contributed by atoms with Crippen molar-refractivity contribution in [3.8, 4) is 22.7 Å². The van der Waals surface area contributed by atoms with E-state index in [0.29, 0.717) is 56.7 Å². The van der Waals surface area contributed by atoms with Gasteiger partial charge in [-0.05, 0) is 73.1 Å². The quantitative estimate of drug-likeness (QED) is 0.197. The summed E-state index contributed by atoms with van der Waals surface area (Å²) in [4.78, 5) is 21.3. The van der Waals surface area contributed by atoms with Crippen molar-refractivity contribution in [3.63, 3.8) is 0 Å². The topological polar surface area (TPSA) is 131 Å². The number of halogens is 7. The minimum absolute atomic E-state index is 0.00130. The molecule has 4 aromatic rings. The van der Waals surface area contributed by atoms with E-state index in [0.717, 1.165) is 22.9 Å². The van der Waals surface area contributed by atoms with Gasteiger partial charge >= 0.3 is 18.3 Å². The average molecular weight is 694 g/mol. The summed E-state index contributed by atoms with van der Waals surface area (Å²) >= 11 is 0. The maximum Gasteiger partial charge on any atom is 0.429 e. The summed E-state index contributed by atoms with van der Waals surface area (Å²) in [5, 5.41) is 16.6. The molecule has 0 unspecified atom stereocenters. The lowest BCUT2D eigenvalue weighted by atomic mass is 9.76. The summed E-state index contributed by atoms with van der Waals surface area (Å²) < 4.78 is 106. The number of nitrogens with zero attached hydrogens (tertiary/aromatic N) is 5. The Hall–Kier alpha value is -4.93. The first-order chi connectivity index (χ1) is 23.0. The predicted molar refractivity (Wildman–Crippen MR) is 162 cm³/mol. The Bertz CT molecular complexity index is 1870. The van der Waals surface area contributed by atoms with Crippen molar-refractivity contribution in [3.05, 3.63) is 77.4 Å². The summed E-state index contributed by atoms with van der Waals surface area (Å²) in [5.41, 5.74) is 4.02. The molecule has 2 aliphatic heterocycles. The van der Waals surface area contributed by atoms with Crippen LogP contribution in [-0.4, -0.2) is 62.7 Å². The summed E-state index contributed by atoms with van der Waals surface area (Å²) in [6.45, 7) is 3.01. The highest BCUT2D eigenvalue weighted by Gasteiger charge is 2.46. The highest BCUT2D eigenvalue weighted by atomic mass is 19.4. The van der Waals surface area contributed by atoms with E-state index in [4.69, 9.17) is 10.5 Å². The van der Waals surface area contributed by atoms with Crippen molar-refractivity contribution in [1.82, 2.24) is 25.1 Å². The van der Waals surface area contributed by atoms with Crippen LogP contribution in [0, 0.1) is 18.2 Å². The van der Waals surface area contributed by atoms with E-state index < -0.39 is 53.3 Å². The van der Waals surface area contributed by atoms with Crippen LogP contribution in [0.4, 0.5) is 42.5 Å². The van der Waals surface area contributed by atoms with Gasteiger partial charge in [-0.2, -0.15) is 41.4 Å². The third-order valence-electron chi connectivity index (χ3n) is 8.89. The van der Waals surface area contributed by atoms with Crippen LogP contribution in [0.1, 0.15) is 42.2 Å². The second kappa shape index (κ2) is 12.5. The van der Waals surface area contributed by atoms with Gasteiger partial charge in [-0.1, -0.05) is 12.1 Å². The first-order valence-electron chi connectivity index (χ1n) is 15.1. The second-order valence-electron chi connectivity index (χ2n) is 12.3. The molecule has 4 heterocycles. The fraction of sp³-hybridized carbons (Fsp3) is 0.375. The molecule has 4 N–H and O–H groups in total.